The molecule has 0 amide bonds. The number of carbonyl (C=O) groups excluding carboxylic acids is 4. The van der Waals surface area contributed by atoms with Crippen LogP contribution in [0.5, 0.6) is 0 Å². The van der Waals surface area contributed by atoms with Gasteiger partial charge < -0.3 is 5.11 Å². The van der Waals surface area contributed by atoms with E-state index in [0.717, 1.165) is 16.3 Å². The minimum absolute atomic E-state index is 0.0703. The maximum absolute atomic E-state index is 12.2. The summed E-state index contributed by atoms with van der Waals surface area (Å²) in [4.78, 5) is 58.4. The first kappa shape index (κ1) is 16.7. The van der Waals surface area contributed by atoms with Crippen LogP contribution in [0.4, 0.5) is 0 Å². The molecule has 1 aliphatic carbocycles. The van der Waals surface area contributed by atoms with Gasteiger partial charge in [0.2, 0.25) is 11.6 Å². The van der Waals surface area contributed by atoms with Gasteiger partial charge in [-0.05, 0) is 29.2 Å². The molecule has 2 aromatic carbocycles. The van der Waals surface area contributed by atoms with E-state index in [0.29, 0.717) is 6.42 Å². The van der Waals surface area contributed by atoms with Crippen molar-refractivity contribution < 1.29 is 29.1 Å². The topological polar surface area (TPSA) is 106 Å². The van der Waals surface area contributed by atoms with E-state index in [1.54, 1.807) is 0 Å². The smallest absolute Gasteiger partial charge is 0.373 e. The van der Waals surface area contributed by atoms with E-state index in [-0.39, 0.29) is 6.42 Å². The minimum atomic E-state index is -1.98. The van der Waals surface area contributed by atoms with E-state index >= 15 is 0 Å². The van der Waals surface area contributed by atoms with Crippen molar-refractivity contribution in [3.05, 3.63) is 48.0 Å². The molecule has 0 aromatic heterocycles. The van der Waals surface area contributed by atoms with Gasteiger partial charge in [-0.1, -0.05) is 42.5 Å². The summed E-state index contributed by atoms with van der Waals surface area (Å²) in [5, 5.41) is 10.7. The predicted octanol–water partition coefficient (Wildman–Crippen LogP) is 1.38. The van der Waals surface area contributed by atoms with Crippen LogP contribution in [0.1, 0.15) is 12.0 Å². The van der Waals surface area contributed by atoms with Gasteiger partial charge in [0.25, 0.3) is 5.78 Å². The van der Waals surface area contributed by atoms with Crippen molar-refractivity contribution in [2.45, 2.75) is 12.8 Å². The van der Waals surface area contributed by atoms with Crippen LogP contribution in [0.15, 0.2) is 42.5 Å². The maximum atomic E-state index is 12.2. The quantitative estimate of drug-likeness (QED) is 0.652. The molecule has 1 aliphatic rings. The second-order valence-electron chi connectivity index (χ2n) is 5.96. The minimum Gasteiger partial charge on any atom is -0.475 e. The Morgan fingerprint density at radius 3 is 2.32 bits per heavy atom. The molecule has 6 heteroatoms. The molecule has 0 aliphatic heterocycles. The zero-order valence-electron chi connectivity index (χ0n) is 13.1. The summed E-state index contributed by atoms with van der Waals surface area (Å²) in [5.74, 6) is -9.72. The molecular formula is C19H14O6. The van der Waals surface area contributed by atoms with Crippen molar-refractivity contribution in [3.63, 3.8) is 0 Å². The number of Topliss-reactive ketones (excluding diaryl/α,β-unsaturated/α-hetero) is 4. The zero-order valence-corrected chi connectivity index (χ0v) is 13.1. The molecule has 0 saturated heterocycles. The van der Waals surface area contributed by atoms with Crippen LogP contribution in [0, 0.1) is 11.8 Å². The molecule has 3 rings (SSSR count). The van der Waals surface area contributed by atoms with Crippen LogP contribution in [0.2, 0.25) is 0 Å². The molecule has 0 bridgehead atoms. The number of fused-ring (bicyclic) bond motifs is 1. The first-order valence-electron chi connectivity index (χ1n) is 7.77. The van der Waals surface area contributed by atoms with Crippen molar-refractivity contribution in [3.8, 4) is 0 Å². The molecule has 2 aromatic rings. The summed E-state index contributed by atoms with van der Waals surface area (Å²) in [6, 6.07) is 13.3. The van der Waals surface area contributed by atoms with Gasteiger partial charge in [-0.3, -0.25) is 19.2 Å². The predicted molar refractivity (Wildman–Crippen MR) is 86.9 cm³/mol. The number of carboxylic acid groups (broad SMARTS) is 1. The summed E-state index contributed by atoms with van der Waals surface area (Å²) in [7, 11) is 0. The molecule has 126 valence electrons. The first-order chi connectivity index (χ1) is 11.9. The molecule has 0 radical (unpaired) electrons. The van der Waals surface area contributed by atoms with Gasteiger partial charge in [-0.25, -0.2) is 4.79 Å². The number of benzene rings is 2. The highest BCUT2D eigenvalue weighted by atomic mass is 16.4. The van der Waals surface area contributed by atoms with E-state index in [1.807, 2.05) is 42.5 Å². The van der Waals surface area contributed by atoms with Gasteiger partial charge in [-0.15, -0.1) is 0 Å². The fourth-order valence-electron chi connectivity index (χ4n) is 3.23. The Kier molecular flexibility index (Phi) is 4.27. The Labute approximate surface area is 142 Å². The number of hydrogen-bond donors (Lipinski definition) is 1. The molecule has 0 spiro atoms. The lowest BCUT2D eigenvalue weighted by atomic mass is 9.92. The zero-order chi connectivity index (χ0) is 18.1. The summed E-state index contributed by atoms with van der Waals surface area (Å²) < 4.78 is 0. The molecule has 0 heterocycles. The number of aliphatic carboxylic acids is 1. The van der Waals surface area contributed by atoms with Gasteiger partial charge in [0.1, 0.15) is 0 Å². The van der Waals surface area contributed by atoms with Gasteiger partial charge in [0, 0.05) is 0 Å². The van der Waals surface area contributed by atoms with Gasteiger partial charge in [-0.2, -0.15) is 0 Å². The Bertz CT molecular complexity index is 921. The molecule has 1 N–H and O–H groups in total. The van der Waals surface area contributed by atoms with E-state index in [1.165, 1.54) is 0 Å². The molecular weight excluding hydrogens is 324 g/mol. The van der Waals surface area contributed by atoms with E-state index in [2.05, 4.69) is 0 Å². The fourth-order valence-corrected chi connectivity index (χ4v) is 3.23. The Morgan fingerprint density at radius 1 is 0.920 bits per heavy atom. The first-order valence-corrected chi connectivity index (χ1v) is 7.77. The summed E-state index contributed by atoms with van der Waals surface area (Å²) in [6.45, 7) is 0. The average Bonchev–Trinajstić information content (AvgIpc) is 2.81. The van der Waals surface area contributed by atoms with Crippen LogP contribution >= 0.6 is 0 Å². The lowest BCUT2D eigenvalue weighted by Crippen LogP contribution is -2.32. The molecule has 1 saturated carbocycles. The summed E-state index contributed by atoms with van der Waals surface area (Å²) in [6.07, 6.45) is 0.436. The number of carboxylic acids is 1. The number of carbonyl (C=O) groups is 5. The highest BCUT2D eigenvalue weighted by Crippen LogP contribution is 2.28. The number of ketones is 4. The van der Waals surface area contributed by atoms with E-state index < -0.39 is 40.9 Å². The number of hydrogen-bond acceptors (Lipinski definition) is 5. The monoisotopic (exact) mass is 338 g/mol. The Hall–Kier alpha value is -3.15. The summed E-state index contributed by atoms with van der Waals surface area (Å²) >= 11 is 0. The third-order valence-corrected chi connectivity index (χ3v) is 4.50. The number of rotatable bonds is 5. The third kappa shape index (κ3) is 2.87. The molecule has 1 fully saturated rings. The second kappa shape index (κ2) is 6.39. The lowest BCUT2D eigenvalue weighted by Gasteiger charge is -2.09. The van der Waals surface area contributed by atoms with Crippen LogP contribution in [-0.2, 0) is 30.4 Å². The van der Waals surface area contributed by atoms with Gasteiger partial charge >= 0.3 is 5.97 Å². The van der Waals surface area contributed by atoms with Crippen molar-refractivity contribution >= 4 is 39.9 Å². The second-order valence-corrected chi connectivity index (χ2v) is 5.96. The van der Waals surface area contributed by atoms with Crippen LogP contribution < -0.4 is 0 Å². The lowest BCUT2D eigenvalue weighted by molar-refractivity contribution is -0.154. The molecule has 2 atom stereocenters. The number of aryl methyl sites for hydroxylation is 1. The molecule has 25 heavy (non-hydrogen) atoms. The van der Waals surface area contributed by atoms with Crippen molar-refractivity contribution in [1.29, 1.82) is 0 Å². The van der Waals surface area contributed by atoms with Crippen LogP contribution in [0.25, 0.3) is 10.8 Å². The van der Waals surface area contributed by atoms with E-state index in [9.17, 15) is 24.0 Å². The Balaban J connectivity index is 1.82. The normalized spacial score (nSPS) is 20.2. The Morgan fingerprint density at radius 2 is 1.60 bits per heavy atom. The highest BCUT2D eigenvalue weighted by molar-refractivity contribution is 6.60. The fraction of sp³-hybridized carbons (Fsp3) is 0.211. The largest absolute Gasteiger partial charge is 0.475 e. The molecule has 0 unspecified atom stereocenters. The standard InChI is InChI=1S/C19H14O6/c20-15-13(16(21)17(22)14(15)18(23)19(24)25)9-8-11-6-3-5-10-4-1-2-7-12(10)11/h1-7,13-14H,8-9H2,(H,24,25)/t13-,14-/m0/s1. The maximum Gasteiger partial charge on any atom is 0.373 e. The average molecular weight is 338 g/mol. The van der Waals surface area contributed by atoms with Gasteiger partial charge in [0.15, 0.2) is 11.7 Å². The SMILES string of the molecule is O=C(O)C(=O)[C@@H]1C(=O)C(=O)[C@@H](CCc2cccc3ccccc23)C1=O. The van der Waals surface area contributed by atoms with Crippen molar-refractivity contribution in [2.24, 2.45) is 11.8 Å². The van der Waals surface area contributed by atoms with Crippen LogP contribution in [-0.4, -0.2) is 34.2 Å². The summed E-state index contributed by atoms with van der Waals surface area (Å²) in [5.41, 5.74) is 0.916. The highest BCUT2D eigenvalue weighted by Gasteiger charge is 2.53. The third-order valence-electron chi connectivity index (χ3n) is 4.50. The van der Waals surface area contributed by atoms with E-state index in [4.69, 9.17) is 5.11 Å². The van der Waals surface area contributed by atoms with Crippen LogP contribution in [0.3, 0.4) is 0 Å². The van der Waals surface area contributed by atoms with Gasteiger partial charge in [0.05, 0.1) is 5.92 Å². The van der Waals surface area contributed by atoms with Crippen molar-refractivity contribution in [2.75, 3.05) is 0 Å². The molecule has 6 nitrogen and oxygen atoms in total. The van der Waals surface area contributed by atoms with Crippen molar-refractivity contribution in [1.82, 2.24) is 0 Å².